The van der Waals surface area contributed by atoms with Gasteiger partial charge in [0.15, 0.2) is 0 Å². The zero-order valence-electron chi connectivity index (χ0n) is 11.5. The van der Waals surface area contributed by atoms with Gasteiger partial charge in [0, 0.05) is 18.3 Å². The summed E-state index contributed by atoms with van der Waals surface area (Å²) in [5.41, 5.74) is 0.368. The highest BCUT2D eigenvalue weighted by Crippen LogP contribution is 2.28. The molecular weight excluding hydrogens is 210 g/mol. The summed E-state index contributed by atoms with van der Waals surface area (Å²) in [7, 11) is 0. The van der Waals surface area contributed by atoms with Gasteiger partial charge in [-0.05, 0) is 36.8 Å². The lowest BCUT2D eigenvalue weighted by molar-refractivity contribution is -0.0000564. The summed E-state index contributed by atoms with van der Waals surface area (Å²) in [4.78, 5) is 4.32. The van der Waals surface area contributed by atoms with Crippen molar-refractivity contribution in [2.45, 2.75) is 52.6 Å². The molecule has 2 heteroatoms. The second kappa shape index (κ2) is 6.15. The van der Waals surface area contributed by atoms with Crippen LogP contribution in [0.25, 0.3) is 0 Å². The molecule has 1 heterocycles. The molecule has 0 spiro atoms. The second-order valence-corrected chi connectivity index (χ2v) is 5.92. The summed E-state index contributed by atoms with van der Waals surface area (Å²) >= 11 is 0. The molecule has 0 radical (unpaired) electrons. The standard InChI is InChI=1S/C15H25NO/c1-12(2)9-15(17,10-13(3)4)11-14-7-5-6-8-16-14/h5-8,12-13,17H,9-11H2,1-4H3. The van der Waals surface area contributed by atoms with Crippen LogP contribution >= 0.6 is 0 Å². The molecule has 0 unspecified atom stereocenters. The average Bonchev–Trinajstić information content (AvgIpc) is 2.15. The predicted molar refractivity (Wildman–Crippen MR) is 71.8 cm³/mol. The molecular formula is C15H25NO. The molecule has 96 valence electrons. The summed E-state index contributed by atoms with van der Waals surface area (Å²) in [5, 5.41) is 10.8. The van der Waals surface area contributed by atoms with Crippen LogP contribution in [0.2, 0.25) is 0 Å². The molecule has 1 N–H and O–H groups in total. The van der Waals surface area contributed by atoms with Crippen LogP contribution in [-0.2, 0) is 6.42 Å². The molecule has 0 atom stereocenters. The van der Waals surface area contributed by atoms with Crippen LogP contribution in [0.1, 0.15) is 46.2 Å². The molecule has 0 aliphatic rings. The van der Waals surface area contributed by atoms with Crippen LogP contribution < -0.4 is 0 Å². The van der Waals surface area contributed by atoms with E-state index in [-0.39, 0.29) is 0 Å². The summed E-state index contributed by atoms with van der Waals surface area (Å²) in [5.74, 6) is 1.00. The van der Waals surface area contributed by atoms with Crippen LogP contribution in [0.3, 0.4) is 0 Å². The molecule has 0 fully saturated rings. The maximum Gasteiger partial charge on any atom is 0.0707 e. The van der Waals surface area contributed by atoms with E-state index < -0.39 is 5.60 Å². The van der Waals surface area contributed by atoms with Gasteiger partial charge < -0.3 is 5.11 Å². The van der Waals surface area contributed by atoms with E-state index in [0.717, 1.165) is 18.5 Å². The smallest absolute Gasteiger partial charge is 0.0707 e. The van der Waals surface area contributed by atoms with E-state index in [1.54, 1.807) is 6.20 Å². The van der Waals surface area contributed by atoms with Gasteiger partial charge >= 0.3 is 0 Å². The fraction of sp³-hybridized carbons (Fsp3) is 0.667. The molecule has 0 aliphatic heterocycles. The minimum Gasteiger partial charge on any atom is -0.389 e. The van der Waals surface area contributed by atoms with E-state index >= 15 is 0 Å². The van der Waals surface area contributed by atoms with E-state index in [9.17, 15) is 5.11 Å². The molecule has 1 aromatic rings. The summed E-state index contributed by atoms with van der Waals surface area (Å²) in [6.45, 7) is 8.63. The van der Waals surface area contributed by atoms with E-state index in [0.29, 0.717) is 18.3 Å². The molecule has 0 saturated carbocycles. The van der Waals surface area contributed by atoms with Crippen molar-refractivity contribution in [2.24, 2.45) is 11.8 Å². The van der Waals surface area contributed by atoms with Crippen molar-refractivity contribution < 1.29 is 5.11 Å². The Balaban J connectivity index is 2.76. The molecule has 1 rings (SSSR count). The average molecular weight is 235 g/mol. The van der Waals surface area contributed by atoms with Crippen molar-refractivity contribution in [3.8, 4) is 0 Å². The Kier molecular flexibility index (Phi) is 5.13. The third-order valence-electron chi connectivity index (χ3n) is 2.81. The SMILES string of the molecule is CC(C)CC(O)(Cc1ccccn1)CC(C)C. The van der Waals surface area contributed by atoms with Crippen molar-refractivity contribution in [2.75, 3.05) is 0 Å². The zero-order valence-corrected chi connectivity index (χ0v) is 11.5. The molecule has 0 aromatic carbocycles. The Bertz CT molecular complexity index is 309. The fourth-order valence-electron chi connectivity index (χ4n) is 2.59. The number of aliphatic hydroxyl groups is 1. The lowest BCUT2D eigenvalue weighted by Crippen LogP contribution is -2.35. The van der Waals surface area contributed by atoms with Crippen molar-refractivity contribution >= 4 is 0 Å². The summed E-state index contributed by atoms with van der Waals surface area (Å²) in [6, 6.07) is 5.88. The van der Waals surface area contributed by atoms with Gasteiger partial charge in [-0.2, -0.15) is 0 Å². The Morgan fingerprint density at radius 3 is 2.12 bits per heavy atom. The quantitative estimate of drug-likeness (QED) is 0.819. The molecule has 17 heavy (non-hydrogen) atoms. The van der Waals surface area contributed by atoms with Crippen molar-refractivity contribution in [3.63, 3.8) is 0 Å². The lowest BCUT2D eigenvalue weighted by Gasteiger charge is -2.31. The van der Waals surface area contributed by atoms with Crippen LogP contribution in [0.15, 0.2) is 24.4 Å². The first-order valence-corrected chi connectivity index (χ1v) is 6.53. The molecule has 0 amide bonds. The van der Waals surface area contributed by atoms with E-state index in [4.69, 9.17) is 0 Å². The van der Waals surface area contributed by atoms with Gasteiger partial charge in [-0.1, -0.05) is 33.8 Å². The third-order valence-corrected chi connectivity index (χ3v) is 2.81. The molecule has 0 aliphatic carbocycles. The molecule has 2 nitrogen and oxygen atoms in total. The van der Waals surface area contributed by atoms with Crippen LogP contribution in [0.5, 0.6) is 0 Å². The Hall–Kier alpha value is -0.890. The van der Waals surface area contributed by atoms with Gasteiger partial charge in [0.2, 0.25) is 0 Å². The van der Waals surface area contributed by atoms with Gasteiger partial charge in [0.05, 0.1) is 5.60 Å². The highest BCUT2D eigenvalue weighted by molar-refractivity contribution is 5.07. The molecule has 1 aromatic heterocycles. The van der Waals surface area contributed by atoms with Crippen LogP contribution in [0.4, 0.5) is 0 Å². The first kappa shape index (κ1) is 14.2. The van der Waals surface area contributed by atoms with Crippen molar-refractivity contribution in [3.05, 3.63) is 30.1 Å². The zero-order chi connectivity index (χ0) is 12.9. The van der Waals surface area contributed by atoms with Gasteiger partial charge in [-0.25, -0.2) is 0 Å². The van der Waals surface area contributed by atoms with Gasteiger partial charge in [0.1, 0.15) is 0 Å². The molecule has 0 bridgehead atoms. The molecule has 0 saturated heterocycles. The van der Waals surface area contributed by atoms with Crippen molar-refractivity contribution in [1.29, 1.82) is 0 Å². The van der Waals surface area contributed by atoms with Gasteiger partial charge in [-0.3, -0.25) is 4.98 Å². The Morgan fingerprint density at radius 1 is 1.12 bits per heavy atom. The highest BCUT2D eigenvalue weighted by Gasteiger charge is 2.29. The lowest BCUT2D eigenvalue weighted by atomic mass is 9.81. The Morgan fingerprint density at radius 2 is 1.71 bits per heavy atom. The van der Waals surface area contributed by atoms with Gasteiger partial charge in [-0.15, -0.1) is 0 Å². The first-order chi connectivity index (χ1) is 7.91. The monoisotopic (exact) mass is 235 g/mol. The van der Waals surface area contributed by atoms with Gasteiger partial charge in [0.25, 0.3) is 0 Å². The number of rotatable bonds is 6. The normalized spacial score (nSPS) is 12.4. The van der Waals surface area contributed by atoms with Crippen LogP contribution in [-0.4, -0.2) is 15.7 Å². The third kappa shape index (κ3) is 5.31. The van der Waals surface area contributed by atoms with E-state index in [1.165, 1.54) is 0 Å². The summed E-state index contributed by atoms with van der Waals surface area (Å²) in [6.07, 6.45) is 4.12. The second-order valence-electron chi connectivity index (χ2n) is 5.92. The van der Waals surface area contributed by atoms with Crippen LogP contribution in [0, 0.1) is 11.8 Å². The number of nitrogens with zero attached hydrogens (tertiary/aromatic N) is 1. The number of hydrogen-bond donors (Lipinski definition) is 1. The topological polar surface area (TPSA) is 33.1 Å². The minimum absolute atomic E-state index is 0.502. The number of hydrogen-bond acceptors (Lipinski definition) is 2. The number of pyridine rings is 1. The largest absolute Gasteiger partial charge is 0.389 e. The predicted octanol–water partition coefficient (Wildman–Crippen LogP) is 3.45. The number of aromatic nitrogens is 1. The maximum absolute atomic E-state index is 10.8. The highest BCUT2D eigenvalue weighted by atomic mass is 16.3. The Labute approximate surface area is 105 Å². The first-order valence-electron chi connectivity index (χ1n) is 6.53. The van der Waals surface area contributed by atoms with E-state index in [2.05, 4.69) is 32.7 Å². The minimum atomic E-state index is -0.614. The maximum atomic E-state index is 10.8. The fourth-order valence-corrected chi connectivity index (χ4v) is 2.59. The summed E-state index contributed by atoms with van der Waals surface area (Å²) < 4.78 is 0. The van der Waals surface area contributed by atoms with Crippen molar-refractivity contribution in [1.82, 2.24) is 4.98 Å². The van der Waals surface area contributed by atoms with E-state index in [1.807, 2.05) is 18.2 Å².